The van der Waals surface area contributed by atoms with Crippen molar-refractivity contribution in [3.63, 3.8) is 0 Å². The molecular weight excluding hydrogens is 280 g/mol. The minimum atomic E-state index is 0.299. The van der Waals surface area contributed by atoms with E-state index in [4.69, 9.17) is 11.6 Å². The Bertz CT molecular complexity index is 372. The van der Waals surface area contributed by atoms with E-state index in [1.165, 1.54) is 24.3 Å². The van der Waals surface area contributed by atoms with Crippen LogP contribution < -0.4 is 0 Å². The van der Waals surface area contributed by atoms with Gasteiger partial charge in [0.25, 0.3) is 0 Å². The van der Waals surface area contributed by atoms with Crippen LogP contribution >= 0.6 is 22.9 Å². The normalized spacial score (nSPS) is 21.5. The second kappa shape index (κ2) is 8.20. The Morgan fingerprint density at radius 2 is 2.32 bits per heavy atom. The van der Waals surface area contributed by atoms with Crippen molar-refractivity contribution in [1.29, 1.82) is 0 Å². The molecule has 1 N–H and O–H groups in total. The maximum atomic E-state index is 9.47. The van der Waals surface area contributed by atoms with Gasteiger partial charge in [0.15, 0.2) is 0 Å². The van der Waals surface area contributed by atoms with E-state index in [1.807, 2.05) is 5.38 Å². The third-order valence-electron chi connectivity index (χ3n) is 3.78. The molecule has 0 amide bonds. The van der Waals surface area contributed by atoms with E-state index in [1.54, 1.807) is 11.3 Å². The van der Waals surface area contributed by atoms with E-state index >= 15 is 0 Å². The molecule has 2 rings (SSSR count). The van der Waals surface area contributed by atoms with Crippen molar-refractivity contribution >= 4 is 22.9 Å². The molecule has 19 heavy (non-hydrogen) atoms. The van der Waals surface area contributed by atoms with Gasteiger partial charge in [0.05, 0.1) is 23.2 Å². The number of hydrogen-bond donors (Lipinski definition) is 1. The maximum absolute atomic E-state index is 9.47. The molecule has 1 fully saturated rings. The summed E-state index contributed by atoms with van der Waals surface area (Å²) >= 11 is 7.47. The standard InChI is InChI=1S/C14H23ClN2OS/c15-9-12-11-19-14(16-12)6-4-8-17-7-3-1-2-5-13(17)10-18/h11,13,18H,1-10H2. The van der Waals surface area contributed by atoms with Crippen LogP contribution in [0, 0.1) is 0 Å². The molecule has 1 unspecified atom stereocenters. The summed E-state index contributed by atoms with van der Waals surface area (Å²) < 4.78 is 0. The summed E-state index contributed by atoms with van der Waals surface area (Å²) in [4.78, 5) is 6.95. The molecule has 0 aliphatic carbocycles. The molecule has 1 aromatic rings. The van der Waals surface area contributed by atoms with Crippen molar-refractivity contribution in [3.05, 3.63) is 16.1 Å². The van der Waals surface area contributed by atoms with Crippen LogP contribution in [0.25, 0.3) is 0 Å². The summed E-state index contributed by atoms with van der Waals surface area (Å²) in [5.74, 6) is 0.509. The van der Waals surface area contributed by atoms with Gasteiger partial charge in [0, 0.05) is 17.8 Å². The second-order valence-electron chi connectivity index (χ2n) is 5.19. The molecule has 0 spiro atoms. The van der Waals surface area contributed by atoms with E-state index in [0.717, 1.165) is 38.0 Å². The molecule has 0 aromatic carbocycles. The number of hydrogen-bond acceptors (Lipinski definition) is 4. The number of aliphatic hydroxyl groups is 1. The lowest BCUT2D eigenvalue weighted by molar-refractivity contribution is 0.123. The van der Waals surface area contributed by atoms with Gasteiger partial charge >= 0.3 is 0 Å². The Balaban J connectivity index is 1.76. The fourth-order valence-corrected chi connectivity index (χ4v) is 3.77. The van der Waals surface area contributed by atoms with Gasteiger partial charge in [0.2, 0.25) is 0 Å². The third-order valence-corrected chi connectivity index (χ3v) is 5.01. The minimum Gasteiger partial charge on any atom is -0.395 e. The third kappa shape index (κ3) is 4.71. The molecule has 0 saturated carbocycles. The number of alkyl halides is 1. The van der Waals surface area contributed by atoms with E-state index < -0.39 is 0 Å². The van der Waals surface area contributed by atoms with Gasteiger partial charge in [-0.2, -0.15) is 0 Å². The van der Waals surface area contributed by atoms with E-state index in [-0.39, 0.29) is 0 Å². The number of likely N-dealkylation sites (tertiary alicyclic amines) is 1. The number of aryl methyl sites for hydroxylation is 1. The number of halogens is 1. The summed E-state index contributed by atoms with van der Waals surface area (Å²) in [5, 5.41) is 12.7. The molecule has 1 atom stereocenters. The van der Waals surface area contributed by atoms with E-state index in [0.29, 0.717) is 18.5 Å². The van der Waals surface area contributed by atoms with Crippen LogP contribution in [-0.2, 0) is 12.3 Å². The Labute approximate surface area is 124 Å². The number of thiazole rings is 1. The van der Waals surface area contributed by atoms with Crippen molar-refractivity contribution in [3.8, 4) is 0 Å². The maximum Gasteiger partial charge on any atom is 0.0929 e. The van der Waals surface area contributed by atoms with Gasteiger partial charge in [-0.3, -0.25) is 4.90 Å². The lowest BCUT2D eigenvalue weighted by Crippen LogP contribution is -2.38. The lowest BCUT2D eigenvalue weighted by Gasteiger charge is -2.28. The summed E-state index contributed by atoms with van der Waals surface area (Å²) in [6, 6.07) is 0.372. The number of nitrogens with zero attached hydrogens (tertiary/aromatic N) is 2. The predicted octanol–water partition coefficient (Wildman–Crippen LogP) is 3.05. The van der Waals surface area contributed by atoms with Crippen LogP contribution in [0.1, 0.15) is 42.8 Å². The molecule has 0 radical (unpaired) electrons. The molecule has 2 heterocycles. The molecule has 108 valence electrons. The zero-order valence-electron chi connectivity index (χ0n) is 11.4. The van der Waals surface area contributed by atoms with Gasteiger partial charge in [-0.15, -0.1) is 22.9 Å². The SMILES string of the molecule is OCC1CCCCCN1CCCc1nc(CCl)cs1. The summed E-state index contributed by atoms with van der Waals surface area (Å²) in [6.07, 6.45) is 7.11. The van der Waals surface area contributed by atoms with E-state index in [2.05, 4.69) is 9.88 Å². The molecule has 0 bridgehead atoms. The van der Waals surface area contributed by atoms with Crippen molar-refractivity contribution in [2.45, 2.75) is 50.4 Å². The molecule has 3 nitrogen and oxygen atoms in total. The van der Waals surface area contributed by atoms with Gasteiger partial charge in [-0.1, -0.05) is 12.8 Å². The number of aliphatic hydroxyl groups excluding tert-OH is 1. The summed E-state index contributed by atoms with van der Waals surface area (Å²) in [5.41, 5.74) is 0.990. The molecule has 1 saturated heterocycles. The molecule has 1 aromatic heterocycles. The average molecular weight is 303 g/mol. The van der Waals surface area contributed by atoms with Crippen LogP contribution in [0.3, 0.4) is 0 Å². The molecular formula is C14H23ClN2OS. The average Bonchev–Trinajstić information content (AvgIpc) is 2.77. The zero-order chi connectivity index (χ0) is 13.5. The fraction of sp³-hybridized carbons (Fsp3) is 0.786. The highest BCUT2D eigenvalue weighted by molar-refractivity contribution is 7.09. The van der Waals surface area contributed by atoms with E-state index in [9.17, 15) is 5.11 Å². The number of aromatic nitrogens is 1. The van der Waals surface area contributed by atoms with Crippen molar-refractivity contribution in [1.82, 2.24) is 9.88 Å². The fourth-order valence-electron chi connectivity index (χ4n) is 2.70. The minimum absolute atomic E-state index is 0.299. The Kier molecular flexibility index (Phi) is 6.57. The Hall–Kier alpha value is -0.160. The highest BCUT2D eigenvalue weighted by atomic mass is 35.5. The Morgan fingerprint density at radius 3 is 3.05 bits per heavy atom. The molecule has 1 aliphatic heterocycles. The first-order valence-electron chi connectivity index (χ1n) is 7.17. The summed E-state index contributed by atoms with van der Waals surface area (Å²) in [7, 11) is 0. The van der Waals surface area contributed by atoms with Crippen molar-refractivity contribution < 1.29 is 5.11 Å². The smallest absolute Gasteiger partial charge is 0.0929 e. The highest BCUT2D eigenvalue weighted by Gasteiger charge is 2.19. The van der Waals surface area contributed by atoms with Crippen molar-refractivity contribution in [2.24, 2.45) is 0 Å². The Morgan fingerprint density at radius 1 is 1.42 bits per heavy atom. The molecule has 5 heteroatoms. The summed E-state index contributed by atoms with van der Waals surface area (Å²) in [6.45, 7) is 2.50. The number of rotatable bonds is 6. The second-order valence-corrected chi connectivity index (χ2v) is 6.40. The first-order valence-corrected chi connectivity index (χ1v) is 8.59. The van der Waals surface area contributed by atoms with Crippen LogP contribution in [0.15, 0.2) is 5.38 Å². The predicted molar refractivity (Wildman–Crippen MR) is 80.9 cm³/mol. The van der Waals surface area contributed by atoms with Crippen molar-refractivity contribution in [2.75, 3.05) is 19.7 Å². The monoisotopic (exact) mass is 302 g/mol. The van der Waals surface area contributed by atoms with Gasteiger partial charge in [-0.05, 0) is 32.4 Å². The molecule has 1 aliphatic rings. The highest BCUT2D eigenvalue weighted by Crippen LogP contribution is 2.18. The first kappa shape index (κ1) is 15.2. The van der Waals surface area contributed by atoms with Gasteiger partial charge in [0.1, 0.15) is 0 Å². The zero-order valence-corrected chi connectivity index (χ0v) is 12.9. The van der Waals surface area contributed by atoms with Gasteiger partial charge < -0.3 is 5.11 Å². The van der Waals surface area contributed by atoms with Crippen LogP contribution in [0.4, 0.5) is 0 Å². The topological polar surface area (TPSA) is 36.4 Å². The van der Waals surface area contributed by atoms with Crippen LogP contribution in [-0.4, -0.2) is 40.7 Å². The first-order chi connectivity index (χ1) is 9.33. The van der Waals surface area contributed by atoms with Gasteiger partial charge in [-0.25, -0.2) is 4.98 Å². The van der Waals surface area contributed by atoms with Crippen LogP contribution in [0.5, 0.6) is 0 Å². The largest absolute Gasteiger partial charge is 0.395 e. The quantitative estimate of drug-likeness (QED) is 0.821. The lowest BCUT2D eigenvalue weighted by atomic mass is 10.1. The van der Waals surface area contributed by atoms with Crippen LogP contribution in [0.2, 0.25) is 0 Å².